The molecule has 1 unspecified atom stereocenters. The molecule has 1 aromatic rings. The third kappa shape index (κ3) is 3.78. The number of carbonyl (C=O) groups is 2. The van der Waals surface area contributed by atoms with Crippen LogP contribution in [0.1, 0.15) is 18.4 Å². The molecule has 0 aromatic heterocycles. The molecule has 3 rings (SSSR count). The molecule has 2 aliphatic rings. The lowest BCUT2D eigenvalue weighted by Crippen LogP contribution is -2.53. The molecule has 0 spiro atoms. The minimum absolute atomic E-state index is 0.0256. The fourth-order valence-corrected chi connectivity index (χ4v) is 3.52. The van der Waals surface area contributed by atoms with Gasteiger partial charge >= 0.3 is 0 Å². The molecule has 0 N–H and O–H groups in total. The van der Waals surface area contributed by atoms with Gasteiger partial charge in [0.1, 0.15) is 11.9 Å². The summed E-state index contributed by atoms with van der Waals surface area (Å²) in [6, 6.07) is 4.95. The van der Waals surface area contributed by atoms with Crippen molar-refractivity contribution in [2.75, 3.05) is 32.8 Å². The quantitative estimate of drug-likeness (QED) is 0.781. The molecule has 24 heavy (non-hydrogen) atoms. The highest BCUT2D eigenvalue weighted by Crippen LogP contribution is 2.20. The molecule has 1 atom stereocenters. The van der Waals surface area contributed by atoms with Crippen molar-refractivity contribution in [3.8, 4) is 0 Å². The summed E-state index contributed by atoms with van der Waals surface area (Å²) in [5.74, 6) is -0.480. The molecule has 2 amide bonds. The normalized spacial score (nSPS) is 21.2. The number of carbonyl (C=O) groups excluding carboxylic acids is 2. The number of rotatable bonds is 3. The molecule has 0 aliphatic carbocycles. The van der Waals surface area contributed by atoms with Gasteiger partial charge in [0.2, 0.25) is 5.91 Å². The topological polar surface area (TPSA) is 49.9 Å². The van der Waals surface area contributed by atoms with E-state index in [9.17, 15) is 14.0 Å². The van der Waals surface area contributed by atoms with Crippen molar-refractivity contribution >= 4 is 27.7 Å². The van der Waals surface area contributed by atoms with Crippen LogP contribution in [0, 0.1) is 5.82 Å². The standard InChI is InChI=1S/C17H20BrFN2O3/c18-13-4-1-3-12(16(13)19)11-15(22)20-6-8-21(9-7-20)17(23)14-5-2-10-24-14/h1,3-4,14H,2,5-11H2. The number of halogens is 2. The van der Waals surface area contributed by atoms with E-state index < -0.39 is 5.82 Å². The minimum atomic E-state index is -0.391. The van der Waals surface area contributed by atoms with Crippen LogP contribution in [0.25, 0.3) is 0 Å². The van der Waals surface area contributed by atoms with Crippen molar-refractivity contribution in [3.05, 3.63) is 34.1 Å². The van der Waals surface area contributed by atoms with Crippen LogP contribution in [0.15, 0.2) is 22.7 Å². The van der Waals surface area contributed by atoms with Crippen LogP contribution in [0.4, 0.5) is 4.39 Å². The SMILES string of the molecule is O=C(Cc1cccc(Br)c1F)N1CCN(C(=O)C2CCCO2)CC1. The third-order valence-corrected chi connectivity index (χ3v) is 5.13. The zero-order chi connectivity index (χ0) is 17.1. The first-order chi connectivity index (χ1) is 11.6. The van der Waals surface area contributed by atoms with E-state index in [4.69, 9.17) is 4.74 Å². The molecule has 2 fully saturated rings. The van der Waals surface area contributed by atoms with Crippen LogP contribution in [0.5, 0.6) is 0 Å². The maximum atomic E-state index is 14.0. The lowest BCUT2D eigenvalue weighted by atomic mass is 10.1. The average molecular weight is 399 g/mol. The van der Waals surface area contributed by atoms with Crippen molar-refractivity contribution in [2.45, 2.75) is 25.4 Å². The Hall–Kier alpha value is -1.47. The first kappa shape index (κ1) is 17.4. The lowest BCUT2D eigenvalue weighted by molar-refractivity contribution is -0.145. The average Bonchev–Trinajstić information content (AvgIpc) is 3.13. The monoisotopic (exact) mass is 398 g/mol. The van der Waals surface area contributed by atoms with Gasteiger partial charge in [0.15, 0.2) is 0 Å². The number of nitrogens with zero attached hydrogens (tertiary/aromatic N) is 2. The summed E-state index contributed by atoms with van der Waals surface area (Å²) in [5, 5.41) is 0. The Morgan fingerprint density at radius 2 is 1.92 bits per heavy atom. The van der Waals surface area contributed by atoms with Gasteiger partial charge in [0.25, 0.3) is 5.91 Å². The van der Waals surface area contributed by atoms with Crippen molar-refractivity contribution in [1.29, 1.82) is 0 Å². The Bertz CT molecular complexity index is 626. The summed E-state index contributed by atoms with van der Waals surface area (Å²) >= 11 is 3.13. The predicted octanol–water partition coefficient (Wildman–Crippen LogP) is 1.98. The van der Waals surface area contributed by atoms with E-state index in [1.807, 2.05) is 0 Å². The first-order valence-corrected chi connectivity index (χ1v) is 8.96. The Kier molecular flexibility index (Phi) is 5.50. The van der Waals surface area contributed by atoms with Gasteiger partial charge in [0.05, 0.1) is 10.9 Å². The van der Waals surface area contributed by atoms with Gasteiger partial charge in [-0.3, -0.25) is 9.59 Å². The molecule has 0 bridgehead atoms. The van der Waals surface area contributed by atoms with Crippen molar-refractivity contribution in [2.24, 2.45) is 0 Å². The molecule has 7 heteroatoms. The number of ether oxygens (including phenoxy) is 1. The highest BCUT2D eigenvalue weighted by molar-refractivity contribution is 9.10. The molecule has 2 aliphatic heterocycles. The van der Waals surface area contributed by atoms with E-state index >= 15 is 0 Å². The lowest BCUT2D eigenvalue weighted by Gasteiger charge is -2.35. The number of hydrogen-bond donors (Lipinski definition) is 0. The van der Waals surface area contributed by atoms with Gasteiger partial charge in [-0.05, 0) is 40.4 Å². The summed E-state index contributed by atoms with van der Waals surface area (Å²) < 4.78 is 19.8. The molecule has 2 saturated heterocycles. The summed E-state index contributed by atoms with van der Waals surface area (Å²) in [4.78, 5) is 28.1. The Balaban J connectivity index is 1.53. The second kappa shape index (κ2) is 7.61. The van der Waals surface area contributed by atoms with Gasteiger partial charge in [-0.1, -0.05) is 12.1 Å². The maximum absolute atomic E-state index is 14.0. The maximum Gasteiger partial charge on any atom is 0.251 e. The van der Waals surface area contributed by atoms with Crippen LogP contribution in [0.3, 0.4) is 0 Å². The Morgan fingerprint density at radius 1 is 1.21 bits per heavy atom. The zero-order valence-corrected chi connectivity index (χ0v) is 14.9. The Labute approximate surface area is 148 Å². The smallest absolute Gasteiger partial charge is 0.251 e. The van der Waals surface area contributed by atoms with Crippen LogP contribution in [0.2, 0.25) is 0 Å². The fraction of sp³-hybridized carbons (Fsp3) is 0.529. The number of amides is 2. The second-order valence-corrected chi connectivity index (χ2v) is 6.95. The summed E-state index contributed by atoms with van der Waals surface area (Å²) in [7, 11) is 0. The molecule has 130 valence electrons. The summed E-state index contributed by atoms with van der Waals surface area (Å²) in [6.45, 7) is 2.61. The van der Waals surface area contributed by atoms with E-state index in [-0.39, 0.29) is 24.3 Å². The van der Waals surface area contributed by atoms with Gasteiger partial charge < -0.3 is 14.5 Å². The van der Waals surface area contributed by atoms with Gasteiger partial charge in [-0.15, -0.1) is 0 Å². The highest BCUT2D eigenvalue weighted by atomic mass is 79.9. The predicted molar refractivity (Wildman–Crippen MR) is 89.9 cm³/mol. The van der Waals surface area contributed by atoms with Crippen LogP contribution in [-0.2, 0) is 20.7 Å². The minimum Gasteiger partial charge on any atom is -0.368 e. The molecular weight excluding hydrogens is 379 g/mol. The van der Waals surface area contributed by atoms with Crippen molar-refractivity contribution in [3.63, 3.8) is 0 Å². The van der Waals surface area contributed by atoms with Gasteiger partial charge in [-0.25, -0.2) is 4.39 Å². The fourth-order valence-electron chi connectivity index (χ4n) is 3.11. The van der Waals surface area contributed by atoms with Crippen molar-refractivity contribution in [1.82, 2.24) is 9.80 Å². The number of piperazine rings is 1. The third-order valence-electron chi connectivity index (χ3n) is 4.52. The zero-order valence-electron chi connectivity index (χ0n) is 13.3. The van der Waals surface area contributed by atoms with E-state index in [1.165, 1.54) is 0 Å². The van der Waals surface area contributed by atoms with Gasteiger partial charge in [0, 0.05) is 32.8 Å². The van der Waals surface area contributed by atoms with E-state index in [0.29, 0.717) is 42.8 Å². The Morgan fingerprint density at radius 3 is 2.58 bits per heavy atom. The summed E-state index contributed by atoms with van der Waals surface area (Å²) in [6.07, 6.45) is 1.42. The van der Waals surface area contributed by atoms with Crippen LogP contribution >= 0.6 is 15.9 Å². The largest absolute Gasteiger partial charge is 0.368 e. The molecule has 2 heterocycles. The molecule has 0 saturated carbocycles. The van der Waals surface area contributed by atoms with E-state index in [2.05, 4.69) is 15.9 Å². The van der Waals surface area contributed by atoms with Crippen molar-refractivity contribution < 1.29 is 18.7 Å². The molecule has 1 aromatic carbocycles. The van der Waals surface area contributed by atoms with Gasteiger partial charge in [-0.2, -0.15) is 0 Å². The number of hydrogen-bond acceptors (Lipinski definition) is 3. The molecule has 0 radical (unpaired) electrons. The molecular formula is C17H20BrFN2O3. The van der Waals surface area contributed by atoms with E-state index in [0.717, 1.165) is 12.8 Å². The van der Waals surface area contributed by atoms with Crippen LogP contribution in [-0.4, -0.2) is 60.5 Å². The summed E-state index contributed by atoms with van der Waals surface area (Å²) in [5.41, 5.74) is 0.382. The number of benzene rings is 1. The highest BCUT2D eigenvalue weighted by Gasteiger charge is 2.31. The second-order valence-electron chi connectivity index (χ2n) is 6.10. The van der Waals surface area contributed by atoms with E-state index in [1.54, 1.807) is 28.0 Å². The van der Waals surface area contributed by atoms with Crippen LogP contribution < -0.4 is 0 Å². The first-order valence-electron chi connectivity index (χ1n) is 8.17. The molecule has 5 nitrogen and oxygen atoms in total.